The smallest absolute Gasteiger partial charge is 0.305 e. The number of aliphatic carboxylic acids is 1. The lowest BCUT2D eigenvalue weighted by Crippen LogP contribution is -2.15. The molecular formula is C27H54O10. The zero-order chi connectivity index (χ0) is 26.9. The molecule has 0 aliphatic rings. The molecule has 10 heteroatoms. The average molecular weight is 539 g/mol. The molecule has 0 amide bonds. The Morgan fingerprint density at radius 3 is 1.00 bits per heavy atom. The molecule has 37 heavy (non-hydrogen) atoms. The number of unbranched alkanes of at least 4 members (excludes halogenated alkanes) is 7. The van der Waals surface area contributed by atoms with Crippen LogP contribution in [0.4, 0.5) is 0 Å². The molecule has 0 aliphatic carbocycles. The van der Waals surface area contributed by atoms with E-state index in [0.717, 1.165) is 13.0 Å². The lowest BCUT2D eigenvalue weighted by atomic mass is 10.1. The molecule has 0 aromatic heterocycles. The summed E-state index contributed by atoms with van der Waals surface area (Å²) in [6, 6.07) is 0. The summed E-state index contributed by atoms with van der Waals surface area (Å²) in [6.45, 7) is 10.5. The molecular weight excluding hydrogens is 484 g/mol. The minimum Gasteiger partial charge on any atom is -0.481 e. The van der Waals surface area contributed by atoms with Gasteiger partial charge in [-0.2, -0.15) is 0 Å². The van der Waals surface area contributed by atoms with E-state index in [1.807, 2.05) is 0 Å². The highest BCUT2D eigenvalue weighted by molar-refractivity contribution is 5.66. The number of carbonyl (C=O) groups is 1. The first-order valence-electron chi connectivity index (χ1n) is 14.1. The summed E-state index contributed by atoms with van der Waals surface area (Å²) in [7, 11) is 0. The second-order valence-corrected chi connectivity index (χ2v) is 8.52. The third-order valence-electron chi connectivity index (χ3n) is 5.21. The van der Waals surface area contributed by atoms with E-state index >= 15 is 0 Å². The quantitative estimate of drug-likeness (QED) is 0.124. The third-order valence-corrected chi connectivity index (χ3v) is 5.21. The summed E-state index contributed by atoms with van der Waals surface area (Å²) in [5.74, 6) is -0.866. The van der Waals surface area contributed by atoms with Gasteiger partial charge in [-0.15, -0.1) is 0 Å². The summed E-state index contributed by atoms with van der Waals surface area (Å²) in [4.78, 5) is 10.3. The summed E-state index contributed by atoms with van der Waals surface area (Å²) in [5, 5.41) is 8.47. The minimum absolute atomic E-state index is 0.00736. The van der Waals surface area contributed by atoms with Crippen LogP contribution in [-0.2, 0) is 42.7 Å². The predicted molar refractivity (Wildman–Crippen MR) is 141 cm³/mol. The Hall–Kier alpha value is -0.850. The zero-order valence-electron chi connectivity index (χ0n) is 23.3. The fourth-order valence-electron chi connectivity index (χ4n) is 3.14. The molecule has 0 aromatic carbocycles. The normalized spacial score (nSPS) is 11.4. The van der Waals surface area contributed by atoms with Crippen molar-refractivity contribution in [1.82, 2.24) is 0 Å². The van der Waals surface area contributed by atoms with Crippen LogP contribution in [0.25, 0.3) is 0 Å². The molecule has 0 atom stereocenters. The predicted octanol–water partition coefficient (Wildman–Crippen LogP) is 3.73. The molecule has 1 N–H and O–H groups in total. The van der Waals surface area contributed by atoms with Crippen molar-refractivity contribution in [2.45, 2.75) is 64.7 Å². The third kappa shape index (κ3) is 35.1. The highest BCUT2D eigenvalue weighted by Crippen LogP contribution is 2.08. The van der Waals surface area contributed by atoms with Gasteiger partial charge in [0.1, 0.15) is 0 Å². The maximum Gasteiger partial charge on any atom is 0.305 e. The van der Waals surface area contributed by atoms with Crippen molar-refractivity contribution < 1.29 is 47.8 Å². The largest absolute Gasteiger partial charge is 0.481 e. The molecule has 0 unspecified atom stereocenters. The summed E-state index contributed by atoms with van der Waals surface area (Å²) >= 11 is 0. The van der Waals surface area contributed by atoms with Crippen LogP contribution in [0, 0.1) is 0 Å². The molecule has 0 heterocycles. The highest BCUT2D eigenvalue weighted by atomic mass is 16.6. The topological polar surface area (TPSA) is 111 Å². The van der Waals surface area contributed by atoms with Crippen LogP contribution < -0.4 is 0 Å². The number of carboxylic acids is 1. The fraction of sp³-hybridized carbons (Fsp3) is 0.963. The zero-order valence-corrected chi connectivity index (χ0v) is 23.3. The lowest BCUT2D eigenvalue weighted by molar-refractivity contribution is -0.138. The Balaban J connectivity index is 3.02. The molecule has 0 aliphatic heterocycles. The van der Waals surface area contributed by atoms with Crippen LogP contribution in [0.3, 0.4) is 0 Å². The van der Waals surface area contributed by atoms with Crippen LogP contribution in [0.1, 0.15) is 64.7 Å². The van der Waals surface area contributed by atoms with Crippen molar-refractivity contribution in [2.75, 3.05) is 106 Å². The van der Waals surface area contributed by atoms with E-state index in [-0.39, 0.29) is 13.0 Å². The van der Waals surface area contributed by atoms with Gasteiger partial charge in [0.25, 0.3) is 0 Å². The van der Waals surface area contributed by atoms with Crippen molar-refractivity contribution in [1.29, 1.82) is 0 Å². The van der Waals surface area contributed by atoms with Crippen LogP contribution in [0.5, 0.6) is 0 Å². The number of ether oxygens (including phenoxy) is 8. The lowest BCUT2D eigenvalue weighted by Gasteiger charge is -2.08. The van der Waals surface area contributed by atoms with Gasteiger partial charge in [-0.25, -0.2) is 0 Å². The van der Waals surface area contributed by atoms with Crippen LogP contribution in [0.2, 0.25) is 0 Å². The average Bonchev–Trinajstić information content (AvgIpc) is 2.89. The van der Waals surface area contributed by atoms with Gasteiger partial charge in [0, 0.05) is 6.61 Å². The van der Waals surface area contributed by atoms with E-state index in [2.05, 4.69) is 6.92 Å². The van der Waals surface area contributed by atoms with E-state index in [9.17, 15) is 4.79 Å². The molecule has 0 bridgehead atoms. The number of rotatable bonds is 33. The molecule has 0 fully saturated rings. The van der Waals surface area contributed by atoms with Crippen molar-refractivity contribution in [3.63, 3.8) is 0 Å². The highest BCUT2D eigenvalue weighted by Gasteiger charge is 1.97. The van der Waals surface area contributed by atoms with Gasteiger partial charge < -0.3 is 43.0 Å². The van der Waals surface area contributed by atoms with E-state index in [4.69, 9.17) is 43.0 Å². The van der Waals surface area contributed by atoms with Gasteiger partial charge in [0.15, 0.2) is 0 Å². The minimum atomic E-state index is -0.866. The van der Waals surface area contributed by atoms with E-state index in [1.165, 1.54) is 44.9 Å². The SMILES string of the molecule is CCCCCCCCCCOCCOCCOCCOCCOCCOCCOCCOCCC(=O)O. The Morgan fingerprint density at radius 2 is 0.676 bits per heavy atom. The number of hydrogen-bond donors (Lipinski definition) is 1. The van der Waals surface area contributed by atoms with Gasteiger partial charge in [0.05, 0.1) is 106 Å². The second kappa shape index (κ2) is 33.2. The van der Waals surface area contributed by atoms with Gasteiger partial charge in [-0.1, -0.05) is 51.9 Å². The first kappa shape index (κ1) is 36.1. The Bertz CT molecular complexity index is 439. The van der Waals surface area contributed by atoms with Crippen LogP contribution in [0.15, 0.2) is 0 Å². The standard InChI is InChI=1S/C27H54O10/c1-2-3-4-5-6-7-8-9-11-30-13-15-32-17-19-34-21-23-36-25-26-37-24-22-35-20-18-33-16-14-31-12-10-27(28)29/h2-26H2,1H3,(H,28,29). The van der Waals surface area contributed by atoms with Crippen LogP contribution >= 0.6 is 0 Å². The van der Waals surface area contributed by atoms with Crippen molar-refractivity contribution in [2.24, 2.45) is 0 Å². The molecule has 0 radical (unpaired) electrons. The van der Waals surface area contributed by atoms with Crippen LogP contribution in [-0.4, -0.2) is 117 Å². The molecule has 0 rings (SSSR count). The number of carboxylic acid groups (broad SMARTS) is 1. The van der Waals surface area contributed by atoms with Gasteiger partial charge in [-0.05, 0) is 6.42 Å². The van der Waals surface area contributed by atoms with E-state index in [0.29, 0.717) is 92.5 Å². The van der Waals surface area contributed by atoms with Gasteiger partial charge in [-0.3, -0.25) is 4.79 Å². The number of hydrogen-bond acceptors (Lipinski definition) is 9. The van der Waals surface area contributed by atoms with Gasteiger partial charge in [0.2, 0.25) is 0 Å². The Labute approximate surface area is 224 Å². The Morgan fingerprint density at radius 1 is 0.405 bits per heavy atom. The van der Waals surface area contributed by atoms with Crippen molar-refractivity contribution in [3.8, 4) is 0 Å². The van der Waals surface area contributed by atoms with Gasteiger partial charge >= 0.3 is 5.97 Å². The summed E-state index contributed by atoms with van der Waals surface area (Å²) < 4.78 is 43.3. The maximum atomic E-state index is 10.3. The molecule has 0 spiro atoms. The first-order valence-corrected chi connectivity index (χ1v) is 14.1. The summed E-state index contributed by atoms with van der Waals surface area (Å²) in [6.07, 6.45) is 10.5. The van der Waals surface area contributed by atoms with E-state index in [1.54, 1.807) is 0 Å². The fourth-order valence-corrected chi connectivity index (χ4v) is 3.14. The molecule has 222 valence electrons. The Kier molecular flexibility index (Phi) is 32.4. The van der Waals surface area contributed by atoms with E-state index < -0.39 is 5.97 Å². The molecule has 0 saturated carbocycles. The second-order valence-electron chi connectivity index (χ2n) is 8.52. The van der Waals surface area contributed by atoms with Crippen molar-refractivity contribution >= 4 is 5.97 Å². The first-order chi connectivity index (χ1) is 18.3. The van der Waals surface area contributed by atoms with Crippen molar-refractivity contribution in [3.05, 3.63) is 0 Å². The monoisotopic (exact) mass is 538 g/mol. The molecule has 0 saturated heterocycles. The maximum absolute atomic E-state index is 10.3. The molecule has 0 aromatic rings. The summed E-state index contributed by atoms with van der Waals surface area (Å²) in [5.41, 5.74) is 0. The molecule has 10 nitrogen and oxygen atoms in total.